The number of nitrogens with zero attached hydrogens (tertiary/aromatic N) is 6. The van der Waals surface area contributed by atoms with Crippen LogP contribution in [-0.4, -0.2) is 57.3 Å². The summed E-state index contributed by atoms with van der Waals surface area (Å²) in [6.07, 6.45) is 3.82. The zero-order chi connectivity index (χ0) is 21.5. The summed E-state index contributed by atoms with van der Waals surface area (Å²) in [5.41, 5.74) is 2.66. The highest BCUT2D eigenvalue weighted by Gasteiger charge is 2.24. The average molecular weight is 434 g/mol. The van der Waals surface area contributed by atoms with Gasteiger partial charge in [-0.1, -0.05) is 12.1 Å². The Hall–Kier alpha value is -3.30. The number of hydrogen-bond donors (Lipinski definition) is 0. The monoisotopic (exact) mass is 434 g/mol. The van der Waals surface area contributed by atoms with Crippen LogP contribution < -0.4 is 4.90 Å². The first-order valence-corrected chi connectivity index (χ1v) is 10.9. The van der Waals surface area contributed by atoms with Crippen molar-refractivity contribution in [2.45, 2.75) is 18.9 Å². The molecule has 1 unspecified atom stereocenters. The Kier molecular flexibility index (Phi) is 4.84. The lowest BCUT2D eigenvalue weighted by atomic mass is 10.1. The molecule has 2 fully saturated rings. The maximum absolute atomic E-state index is 14.2. The van der Waals surface area contributed by atoms with Gasteiger partial charge in [-0.25, -0.2) is 14.1 Å². The Balaban J connectivity index is 1.45. The molecule has 2 aliphatic rings. The van der Waals surface area contributed by atoms with Crippen LogP contribution in [0, 0.1) is 5.82 Å². The van der Waals surface area contributed by atoms with E-state index in [-0.39, 0.29) is 11.9 Å². The van der Waals surface area contributed by atoms with E-state index in [0.717, 1.165) is 49.7 Å². The van der Waals surface area contributed by atoms with Gasteiger partial charge in [-0.2, -0.15) is 14.7 Å². The van der Waals surface area contributed by atoms with Crippen LogP contribution in [0.2, 0.25) is 0 Å². The number of morpholine rings is 1. The minimum atomic E-state index is -0.299. The Morgan fingerprint density at radius 2 is 1.88 bits per heavy atom. The summed E-state index contributed by atoms with van der Waals surface area (Å²) in [4.78, 5) is 7.06. The maximum Gasteiger partial charge on any atom is 0.160 e. The van der Waals surface area contributed by atoms with E-state index in [1.807, 2.05) is 16.6 Å². The lowest BCUT2D eigenvalue weighted by Gasteiger charge is -2.29. The van der Waals surface area contributed by atoms with Crippen molar-refractivity contribution in [1.82, 2.24) is 24.4 Å². The molecular weight excluding hydrogens is 411 g/mol. The molecule has 0 radical (unpaired) electrons. The number of anilines is 1. The Labute approximate surface area is 184 Å². The largest absolute Gasteiger partial charge is 0.378 e. The molecule has 0 N–H and O–H groups in total. The van der Waals surface area contributed by atoms with Crippen molar-refractivity contribution in [3.05, 3.63) is 60.2 Å². The normalized spacial score (nSPS) is 19.2. The molecule has 0 saturated carbocycles. The first-order valence-electron chi connectivity index (χ1n) is 10.9. The Bertz CT molecular complexity index is 1260. The van der Waals surface area contributed by atoms with Crippen LogP contribution in [0.25, 0.3) is 22.7 Å². The highest BCUT2D eigenvalue weighted by molar-refractivity contribution is 5.60. The van der Waals surface area contributed by atoms with E-state index < -0.39 is 0 Å². The van der Waals surface area contributed by atoms with Gasteiger partial charge in [0, 0.05) is 43.6 Å². The second kappa shape index (κ2) is 7.99. The van der Waals surface area contributed by atoms with Gasteiger partial charge in [0.05, 0.1) is 24.6 Å². The molecule has 1 aromatic carbocycles. The predicted octanol–water partition coefficient (Wildman–Crippen LogP) is 3.41. The Morgan fingerprint density at radius 3 is 2.69 bits per heavy atom. The number of fused-ring (bicyclic) bond motifs is 1. The van der Waals surface area contributed by atoms with E-state index in [2.05, 4.69) is 10.00 Å². The lowest BCUT2D eigenvalue weighted by Crippen LogP contribution is -2.37. The summed E-state index contributed by atoms with van der Waals surface area (Å²) >= 11 is 0. The molecule has 1 atom stereocenters. The minimum absolute atomic E-state index is 0.00931. The van der Waals surface area contributed by atoms with Gasteiger partial charge in [0.25, 0.3) is 0 Å². The van der Waals surface area contributed by atoms with E-state index in [1.54, 1.807) is 35.1 Å². The van der Waals surface area contributed by atoms with E-state index in [4.69, 9.17) is 19.6 Å². The number of halogens is 1. The van der Waals surface area contributed by atoms with Gasteiger partial charge >= 0.3 is 0 Å². The molecule has 0 aliphatic carbocycles. The lowest BCUT2D eigenvalue weighted by molar-refractivity contribution is 0.108. The van der Waals surface area contributed by atoms with Crippen molar-refractivity contribution >= 4 is 11.5 Å². The molecule has 4 aromatic rings. The SMILES string of the molecule is Fc1ccccc1-c1ccn(-c2cc(N3CCOCC3)n3nc(C4CCCO4)cc3n2)n1. The van der Waals surface area contributed by atoms with Crippen LogP contribution in [-0.2, 0) is 9.47 Å². The van der Waals surface area contributed by atoms with Gasteiger partial charge in [0.1, 0.15) is 17.7 Å². The third-order valence-corrected chi connectivity index (χ3v) is 5.98. The number of benzene rings is 1. The Morgan fingerprint density at radius 1 is 1.00 bits per heavy atom. The molecule has 0 bridgehead atoms. The molecule has 2 aliphatic heterocycles. The van der Waals surface area contributed by atoms with Crippen LogP contribution in [0.15, 0.2) is 48.7 Å². The molecule has 6 rings (SSSR count). The molecule has 2 saturated heterocycles. The fourth-order valence-corrected chi connectivity index (χ4v) is 4.33. The zero-order valence-corrected chi connectivity index (χ0v) is 17.5. The highest BCUT2D eigenvalue weighted by Crippen LogP contribution is 2.30. The van der Waals surface area contributed by atoms with E-state index in [9.17, 15) is 4.39 Å². The third kappa shape index (κ3) is 3.43. The maximum atomic E-state index is 14.2. The zero-order valence-electron chi connectivity index (χ0n) is 17.5. The van der Waals surface area contributed by atoms with E-state index in [1.165, 1.54) is 6.07 Å². The number of ether oxygens (including phenoxy) is 2. The molecule has 32 heavy (non-hydrogen) atoms. The average Bonchev–Trinajstić information content (AvgIpc) is 3.59. The summed E-state index contributed by atoms with van der Waals surface area (Å²) in [5.74, 6) is 1.29. The second-order valence-corrected chi connectivity index (χ2v) is 8.04. The van der Waals surface area contributed by atoms with Gasteiger partial charge in [-0.15, -0.1) is 0 Å². The van der Waals surface area contributed by atoms with Crippen molar-refractivity contribution < 1.29 is 13.9 Å². The van der Waals surface area contributed by atoms with Gasteiger partial charge in [-0.05, 0) is 31.0 Å². The molecule has 0 amide bonds. The smallest absolute Gasteiger partial charge is 0.160 e. The van der Waals surface area contributed by atoms with Crippen molar-refractivity contribution in [3.8, 4) is 17.1 Å². The minimum Gasteiger partial charge on any atom is -0.378 e. The first kappa shape index (κ1) is 19.4. The van der Waals surface area contributed by atoms with Gasteiger partial charge < -0.3 is 14.4 Å². The molecular formula is C23H23FN6O2. The van der Waals surface area contributed by atoms with Gasteiger partial charge in [0.15, 0.2) is 11.5 Å². The molecule has 0 spiro atoms. The van der Waals surface area contributed by atoms with Gasteiger partial charge in [0.2, 0.25) is 0 Å². The van der Waals surface area contributed by atoms with Crippen LogP contribution in [0.1, 0.15) is 24.6 Å². The fraction of sp³-hybridized carbons (Fsp3) is 0.348. The summed E-state index contributed by atoms with van der Waals surface area (Å²) < 4.78 is 29.2. The number of hydrogen-bond acceptors (Lipinski definition) is 6. The summed E-state index contributed by atoms with van der Waals surface area (Å²) in [7, 11) is 0. The van der Waals surface area contributed by atoms with Crippen LogP contribution in [0.4, 0.5) is 10.2 Å². The summed E-state index contributed by atoms with van der Waals surface area (Å²) in [6, 6.07) is 12.4. The summed E-state index contributed by atoms with van der Waals surface area (Å²) in [6.45, 7) is 3.64. The third-order valence-electron chi connectivity index (χ3n) is 5.98. The fourth-order valence-electron chi connectivity index (χ4n) is 4.33. The van der Waals surface area contributed by atoms with Gasteiger partial charge in [-0.3, -0.25) is 0 Å². The second-order valence-electron chi connectivity index (χ2n) is 8.04. The molecule has 9 heteroatoms. The molecule has 164 valence electrons. The van der Waals surface area contributed by atoms with Crippen molar-refractivity contribution in [3.63, 3.8) is 0 Å². The first-order chi connectivity index (χ1) is 15.8. The predicted molar refractivity (Wildman–Crippen MR) is 116 cm³/mol. The van der Waals surface area contributed by atoms with Crippen molar-refractivity contribution in [2.75, 3.05) is 37.8 Å². The van der Waals surface area contributed by atoms with Crippen LogP contribution in [0.3, 0.4) is 0 Å². The van der Waals surface area contributed by atoms with Crippen molar-refractivity contribution in [2.24, 2.45) is 0 Å². The van der Waals surface area contributed by atoms with E-state index >= 15 is 0 Å². The van der Waals surface area contributed by atoms with Crippen LogP contribution in [0.5, 0.6) is 0 Å². The molecule has 5 heterocycles. The number of aromatic nitrogens is 5. The topological polar surface area (TPSA) is 69.7 Å². The van der Waals surface area contributed by atoms with Crippen LogP contribution >= 0.6 is 0 Å². The quantitative estimate of drug-likeness (QED) is 0.490. The molecule has 8 nitrogen and oxygen atoms in total. The summed E-state index contributed by atoms with van der Waals surface area (Å²) in [5, 5.41) is 9.44. The van der Waals surface area contributed by atoms with E-state index in [0.29, 0.717) is 30.3 Å². The van der Waals surface area contributed by atoms with Crippen molar-refractivity contribution in [1.29, 1.82) is 0 Å². The molecule has 3 aromatic heterocycles. The standard InChI is InChI=1S/C23H23FN6O2/c24-17-5-2-1-4-16(17)18-7-8-29(26-18)21-15-23(28-9-12-31-13-10-28)30-22(25-21)14-19(27-30)20-6-3-11-32-20/h1-2,4-5,7-8,14-15,20H,3,6,9-13H2. The number of rotatable bonds is 4. The highest BCUT2D eigenvalue weighted by atomic mass is 19.1.